The number of esters is 1. The van der Waals surface area contributed by atoms with Crippen molar-refractivity contribution in [3.8, 4) is 0 Å². The molecule has 0 aliphatic carbocycles. The summed E-state index contributed by atoms with van der Waals surface area (Å²) >= 11 is 3.53. The number of rotatable bonds is 4. The Labute approximate surface area is 133 Å². The number of Topliss-reactive ketones (excluding diaryl/α,β-unsaturated/α-hetero) is 1. The molecule has 1 heterocycles. The summed E-state index contributed by atoms with van der Waals surface area (Å²) in [5, 5.41) is 0. The molecule has 1 fully saturated rings. The molecule has 1 aliphatic heterocycles. The Bertz CT molecular complexity index is 544. The molecular formula is C16H20BrNO3. The van der Waals surface area contributed by atoms with E-state index in [1.807, 2.05) is 25.1 Å². The lowest BCUT2D eigenvalue weighted by Crippen LogP contribution is -2.39. The zero-order valence-electron chi connectivity index (χ0n) is 12.4. The molecule has 5 heteroatoms. The number of halogens is 1. The molecule has 0 spiro atoms. The second-order valence-electron chi connectivity index (χ2n) is 5.26. The Morgan fingerprint density at radius 1 is 1.43 bits per heavy atom. The molecule has 0 amide bonds. The summed E-state index contributed by atoms with van der Waals surface area (Å²) < 4.78 is 6.01. The zero-order valence-corrected chi connectivity index (χ0v) is 14.0. The van der Waals surface area contributed by atoms with Crippen LogP contribution in [0, 0.1) is 5.92 Å². The molecule has 0 bridgehead atoms. The SMILES string of the molecule is CCOC(=O)C1CCCN(c2ccc(C(C)=O)cc2Br)C1. The van der Waals surface area contributed by atoms with Crippen molar-refractivity contribution in [2.45, 2.75) is 26.7 Å². The van der Waals surface area contributed by atoms with E-state index in [0.29, 0.717) is 18.7 Å². The van der Waals surface area contributed by atoms with E-state index < -0.39 is 0 Å². The van der Waals surface area contributed by atoms with Gasteiger partial charge in [-0.1, -0.05) is 0 Å². The van der Waals surface area contributed by atoms with Gasteiger partial charge in [-0.25, -0.2) is 0 Å². The molecule has 1 atom stereocenters. The van der Waals surface area contributed by atoms with E-state index in [1.54, 1.807) is 6.92 Å². The highest BCUT2D eigenvalue weighted by atomic mass is 79.9. The van der Waals surface area contributed by atoms with E-state index in [9.17, 15) is 9.59 Å². The Hall–Kier alpha value is -1.36. The van der Waals surface area contributed by atoms with Crippen LogP contribution >= 0.6 is 15.9 Å². The van der Waals surface area contributed by atoms with Crippen molar-refractivity contribution < 1.29 is 14.3 Å². The van der Waals surface area contributed by atoms with Crippen molar-refractivity contribution in [3.05, 3.63) is 28.2 Å². The molecule has 1 aromatic rings. The summed E-state index contributed by atoms with van der Waals surface area (Å²) in [5.41, 5.74) is 1.71. The van der Waals surface area contributed by atoms with Crippen molar-refractivity contribution in [3.63, 3.8) is 0 Å². The summed E-state index contributed by atoms with van der Waals surface area (Å²) in [6.07, 6.45) is 1.84. The number of carbonyl (C=O) groups excluding carboxylic acids is 2. The number of nitrogens with zero attached hydrogens (tertiary/aromatic N) is 1. The fraction of sp³-hybridized carbons (Fsp3) is 0.500. The Morgan fingerprint density at radius 3 is 2.81 bits per heavy atom. The highest BCUT2D eigenvalue weighted by Gasteiger charge is 2.27. The van der Waals surface area contributed by atoms with Crippen molar-refractivity contribution in [2.75, 3.05) is 24.6 Å². The smallest absolute Gasteiger partial charge is 0.310 e. The van der Waals surface area contributed by atoms with Gasteiger partial charge in [0.25, 0.3) is 0 Å². The third-order valence-corrected chi connectivity index (χ3v) is 4.37. The van der Waals surface area contributed by atoms with Crippen LogP contribution in [0.3, 0.4) is 0 Å². The van der Waals surface area contributed by atoms with Crippen LogP contribution < -0.4 is 4.90 Å². The number of piperidine rings is 1. The summed E-state index contributed by atoms with van der Waals surface area (Å²) in [5.74, 6) is -0.137. The van der Waals surface area contributed by atoms with Gasteiger partial charge in [0, 0.05) is 23.1 Å². The largest absolute Gasteiger partial charge is 0.466 e. The van der Waals surface area contributed by atoms with Gasteiger partial charge in [-0.3, -0.25) is 9.59 Å². The zero-order chi connectivity index (χ0) is 15.4. The molecule has 1 aliphatic rings. The van der Waals surface area contributed by atoms with E-state index in [-0.39, 0.29) is 17.7 Å². The molecule has 1 saturated heterocycles. The van der Waals surface area contributed by atoms with Gasteiger partial charge in [-0.15, -0.1) is 0 Å². The fourth-order valence-corrected chi connectivity index (χ4v) is 3.26. The van der Waals surface area contributed by atoms with E-state index >= 15 is 0 Å². The lowest BCUT2D eigenvalue weighted by molar-refractivity contribution is -0.148. The summed E-state index contributed by atoms with van der Waals surface area (Å²) in [4.78, 5) is 25.5. The van der Waals surface area contributed by atoms with Gasteiger partial charge in [0.15, 0.2) is 5.78 Å². The van der Waals surface area contributed by atoms with Crippen LogP contribution in [0.5, 0.6) is 0 Å². The average Bonchev–Trinajstić information content (AvgIpc) is 2.47. The third kappa shape index (κ3) is 3.84. The first-order valence-electron chi connectivity index (χ1n) is 7.25. The minimum Gasteiger partial charge on any atom is -0.466 e. The number of carbonyl (C=O) groups is 2. The van der Waals surface area contributed by atoms with Crippen LogP contribution in [0.15, 0.2) is 22.7 Å². The Kier molecular flexibility index (Phi) is 5.39. The normalized spacial score (nSPS) is 18.4. The molecule has 0 aromatic heterocycles. The fourth-order valence-electron chi connectivity index (χ4n) is 2.63. The first-order chi connectivity index (χ1) is 10.0. The molecule has 0 N–H and O–H groups in total. The van der Waals surface area contributed by atoms with Gasteiger partial charge >= 0.3 is 5.97 Å². The van der Waals surface area contributed by atoms with Crippen molar-refractivity contribution in [1.82, 2.24) is 0 Å². The van der Waals surface area contributed by atoms with Gasteiger partial charge < -0.3 is 9.64 Å². The predicted molar refractivity (Wildman–Crippen MR) is 85.7 cm³/mol. The standard InChI is InChI=1S/C16H20BrNO3/c1-3-21-16(20)13-5-4-8-18(10-13)15-7-6-12(11(2)19)9-14(15)17/h6-7,9,13H,3-5,8,10H2,1-2H3. The van der Waals surface area contributed by atoms with Gasteiger partial charge in [0.2, 0.25) is 0 Å². The van der Waals surface area contributed by atoms with Crippen LogP contribution in [0.4, 0.5) is 5.69 Å². The van der Waals surface area contributed by atoms with Crippen LogP contribution in [0.1, 0.15) is 37.0 Å². The summed E-state index contributed by atoms with van der Waals surface area (Å²) in [6, 6.07) is 5.61. The summed E-state index contributed by atoms with van der Waals surface area (Å²) in [6.45, 7) is 5.38. The second-order valence-corrected chi connectivity index (χ2v) is 6.11. The van der Waals surface area contributed by atoms with Crippen molar-refractivity contribution >= 4 is 33.4 Å². The number of benzene rings is 1. The molecule has 0 saturated carbocycles. The quantitative estimate of drug-likeness (QED) is 0.614. The number of ether oxygens (including phenoxy) is 1. The van der Waals surface area contributed by atoms with Gasteiger partial charge in [0.05, 0.1) is 18.2 Å². The monoisotopic (exact) mass is 353 g/mol. The van der Waals surface area contributed by atoms with E-state index in [0.717, 1.165) is 29.5 Å². The van der Waals surface area contributed by atoms with Crippen molar-refractivity contribution in [2.24, 2.45) is 5.92 Å². The lowest BCUT2D eigenvalue weighted by atomic mass is 9.97. The topological polar surface area (TPSA) is 46.6 Å². The molecule has 2 rings (SSSR count). The molecular weight excluding hydrogens is 334 g/mol. The lowest BCUT2D eigenvalue weighted by Gasteiger charge is -2.34. The first kappa shape index (κ1) is 16.0. The Balaban J connectivity index is 2.14. The van der Waals surface area contributed by atoms with Gasteiger partial charge in [-0.05, 0) is 60.8 Å². The van der Waals surface area contributed by atoms with Crippen molar-refractivity contribution in [1.29, 1.82) is 0 Å². The Morgan fingerprint density at radius 2 is 2.19 bits per heavy atom. The maximum absolute atomic E-state index is 11.9. The molecule has 21 heavy (non-hydrogen) atoms. The van der Waals surface area contributed by atoms with Crippen LogP contribution in [0.2, 0.25) is 0 Å². The number of hydrogen-bond acceptors (Lipinski definition) is 4. The molecule has 4 nitrogen and oxygen atoms in total. The minimum atomic E-state index is -0.112. The minimum absolute atomic E-state index is 0.0466. The first-order valence-corrected chi connectivity index (χ1v) is 8.04. The number of ketones is 1. The maximum Gasteiger partial charge on any atom is 0.310 e. The highest BCUT2D eigenvalue weighted by molar-refractivity contribution is 9.10. The molecule has 0 radical (unpaired) electrons. The second kappa shape index (κ2) is 7.07. The number of hydrogen-bond donors (Lipinski definition) is 0. The predicted octanol–water partition coefficient (Wildman–Crippen LogP) is 3.43. The van der Waals surface area contributed by atoms with Crippen LogP contribution in [0.25, 0.3) is 0 Å². The van der Waals surface area contributed by atoms with Gasteiger partial charge in [0.1, 0.15) is 0 Å². The van der Waals surface area contributed by atoms with E-state index in [1.165, 1.54) is 0 Å². The number of anilines is 1. The highest BCUT2D eigenvalue weighted by Crippen LogP contribution is 2.31. The molecule has 1 aromatic carbocycles. The van der Waals surface area contributed by atoms with E-state index in [2.05, 4.69) is 20.8 Å². The summed E-state index contributed by atoms with van der Waals surface area (Å²) in [7, 11) is 0. The van der Waals surface area contributed by atoms with Crippen LogP contribution in [-0.2, 0) is 9.53 Å². The average molecular weight is 354 g/mol. The molecule has 1 unspecified atom stereocenters. The molecule has 114 valence electrons. The maximum atomic E-state index is 11.9. The van der Waals surface area contributed by atoms with E-state index in [4.69, 9.17) is 4.74 Å². The van der Waals surface area contributed by atoms with Gasteiger partial charge in [-0.2, -0.15) is 0 Å². The third-order valence-electron chi connectivity index (χ3n) is 3.74. The van der Waals surface area contributed by atoms with Crippen LogP contribution in [-0.4, -0.2) is 31.4 Å².